The summed E-state index contributed by atoms with van der Waals surface area (Å²) in [6.45, 7) is 5.30. The Morgan fingerprint density at radius 2 is 1.22 bits per heavy atom. The molecule has 1 atom stereocenters. The van der Waals surface area contributed by atoms with Gasteiger partial charge in [0.25, 0.3) is 0 Å². The van der Waals surface area contributed by atoms with Gasteiger partial charge < -0.3 is 10.1 Å². The molecule has 1 aliphatic rings. The highest BCUT2D eigenvalue weighted by Gasteiger charge is 2.11. The molecule has 0 spiro atoms. The third-order valence-corrected chi connectivity index (χ3v) is 4.88. The van der Waals surface area contributed by atoms with Crippen LogP contribution >= 0.6 is 17.0 Å². The Hall–Kier alpha value is 0.400. The summed E-state index contributed by atoms with van der Waals surface area (Å²) >= 11 is 0. The average Bonchev–Trinajstić information content (AvgIpc) is 2.56. The normalized spacial score (nSPS) is 17.9. The van der Waals surface area contributed by atoms with Gasteiger partial charge in [0.2, 0.25) is 0 Å². The number of ether oxygens (including phenoxy) is 1. The van der Waals surface area contributed by atoms with Crippen molar-refractivity contribution < 1.29 is 4.74 Å². The minimum atomic E-state index is 0. The molecular formula is C20H42BrNO. The number of hydrogen-bond donors (Lipinski definition) is 1. The van der Waals surface area contributed by atoms with Crippen LogP contribution in [0.15, 0.2) is 0 Å². The number of nitrogens with one attached hydrogen (secondary N) is 1. The Balaban J connectivity index is 0.00000484. The maximum Gasteiger partial charge on any atom is 0.0700 e. The second kappa shape index (κ2) is 18.7. The second-order valence-corrected chi connectivity index (χ2v) is 7.08. The molecule has 1 unspecified atom stereocenters. The smallest absolute Gasteiger partial charge is 0.0700 e. The summed E-state index contributed by atoms with van der Waals surface area (Å²) in [6, 6.07) is 0. The number of rotatable bonds is 15. The second-order valence-electron chi connectivity index (χ2n) is 7.08. The summed E-state index contributed by atoms with van der Waals surface area (Å²) in [7, 11) is 0. The molecule has 1 aliphatic heterocycles. The van der Waals surface area contributed by atoms with Crippen molar-refractivity contribution in [2.24, 2.45) is 0 Å². The first-order valence-electron chi connectivity index (χ1n) is 10.3. The van der Waals surface area contributed by atoms with Gasteiger partial charge in [-0.3, -0.25) is 0 Å². The van der Waals surface area contributed by atoms with Crippen LogP contribution in [-0.2, 0) is 4.74 Å². The maximum atomic E-state index is 5.73. The topological polar surface area (TPSA) is 21.3 Å². The van der Waals surface area contributed by atoms with Gasteiger partial charge in [-0.05, 0) is 6.42 Å². The molecule has 3 heteroatoms. The van der Waals surface area contributed by atoms with Crippen molar-refractivity contribution in [2.45, 2.75) is 109 Å². The van der Waals surface area contributed by atoms with E-state index in [4.69, 9.17) is 4.74 Å². The number of morpholine rings is 1. The SMILES string of the molecule is Br.CCCCCCCCCCCCCCCCC1CNCCO1. The Bertz CT molecular complexity index is 220. The first-order valence-corrected chi connectivity index (χ1v) is 10.3. The molecule has 1 rings (SSSR count). The van der Waals surface area contributed by atoms with Crippen LogP contribution in [0, 0.1) is 0 Å². The molecule has 0 saturated carbocycles. The lowest BCUT2D eigenvalue weighted by Crippen LogP contribution is -2.38. The molecule has 0 aromatic heterocycles. The standard InChI is InChI=1S/C20H41NO.BrH/c1-2-3-4-5-6-7-8-9-10-11-12-13-14-15-16-20-19-21-17-18-22-20;/h20-21H,2-19H2,1H3;1H. The predicted octanol–water partition coefficient (Wildman–Crippen LogP) is 6.42. The van der Waals surface area contributed by atoms with E-state index >= 15 is 0 Å². The zero-order chi connectivity index (χ0) is 15.7. The molecule has 1 heterocycles. The van der Waals surface area contributed by atoms with Gasteiger partial charge in [-0.15, -0.1) is 17.0 Å². The van der Waals surface area contributed by atoms with E-state index in [2.05, 4.69) is 12.2 Å². The number of halogens is 1. The van der Waals surface area contributed by atoms with Crippen molar-refractivity contribution >= 4 is 17.0 Å². The van der Waals surface area contributed by atoms with E-state index < -0.39 is 0 Å². The summed E-state index contributed by atoms with van der Waals surface area (Å²) in [5, 5.41) is 3.41. The van der Waals surface area contributed by atoms with Crippen LogP contribution in [0.2, 0.25) is 0 Å². The van der Waals surface area contributed by atoms with Crippen LogP contribution in [0.1, 0.15) is 103 Å². The fourth-order valence-corrected chi connectivity index (χ4v) is 3.37. The molecule has 1 saturated heterocycles. The van der Waals surface area contributed by atoms with Crippen LogP contribution in [0.4, 0.5) is 0 Å². The lowest BCUT2D eigenvalue weighted by atomic mass is 10.0. The highest BCUT2D eigenvalue weighted by atomic mass is 79.9. The predicted molar refractivity (Wildman–Crippen MR) is 108 cm³/mol. The van der Waals surface area contributed by atoms with Crippen LogP contribution in [0.3, 0.4) is 0 Å². The molecule has 23 heavy (non-hydrogen) atoms. The minimum absolute atomic E-state index is 0. The lowest BCUT2D eigenvalue weighted by Gasteiger charge is -2.23. The van der Waals surface area contributed by atoms with Gasteiger partial charge in [-0.2, -0.15) is 0 Å². The first kappa shape index (κ1) is 23.4. The summed E-state index contributed by atoms with van der Waals surface area (Å²) in [6.07, 6.45) is 21.9. The van der Waals surface area contributed by atoms with E-state index in [9.17, 15) is 0 Å². The molecule has 0 amide bonds. The van der Waals surface area contributed by atoms with E-state index in [0.717, 1.165) is 19.7 Å². The third-order valence-electron chi connectivity index (χ3n) is 4.88. The fourth-order valence-electron chi connectivity index (χ4n) is 3.37. The molecule has 1 N–H and O–H groups in total. The molecule has 2 nitrogen and oxygen atoms in total. The van der Waals surface area contributed by atoms with E-state index in [0.29, 0.717) is 6.10 Å². The van der Waals surface area contributed by atoms with Gasteiger partial charge >= 0.3 is 0 Å². The van der Waals surface area contributed by atoms with E-state index in [-0.39, 0.29) is 17.0 Å². The highest BCUT2D eigenvalue weighted by Crippen LogP contribution is 2.14. The average molecular weight is 392 g/mol. The molecule has 140 valence electrons. The minimum Gasteiger partial charge on any atom is -0.376 e. The van der Waals surface area contributed by atoms with Gasteiger partial charge in [-0.1, -0.05) is 96.8 Å². The lowest BCUT2D eigenvalue weighted by molar-refractivity contribution is 0.0220. The van der Waals surface area contributed by atoms with Gasteiger partial charge in [0.15, 0.2) is 0 Å². The number of unbranched alkanes of at least 4 members (excludes halogenated alkanes) is 13. The number of hydrogen-bond acceptors (Lipinski definition) is 2. The third kappa shape index (κ3) is 15.7. The van der Waals surface area contributed by atoms with Crippen LogP contribution in [-0.4, -0.2) is 25.8 Å². The van der Waals surface area contributed by atoms with Crippen LogP contribution in [0.25, 0.3) is 0 Å². The van der Waals surface area contributed by atoms with E-state index in [1.54, 1.807) is 0 Å². The van der Waals surface area contributed by atoms with Crippen molar-refractivity contribution in [3.05, 3.63) is 0 Å². The molecule has 0 aromatic rings. The van der Waals surface area contributed by atoms with Gasteiger partial charge in [0.05, 0.1) is 12.7 Å². The summed E-state index contributed by atoms with van der Waals surface area (Å²) < 4.78 is 5.73. The molecule has 0 aliphatic carbocycles. The first-order chi connectivity index (χ1) is 10.9. The Morgan fingerprint density at radius 1 is 0.739 bits per heavy atom. The summed E-state index contributed by atoms with van der Waals surface area (Å²) in [5.41, 5.74) is 0. The molecule has 0 radical (unpaired) electrons. The van der Waals surface area contributed by atoms with E-state index in [1.807, 2.05) is 0 Å². The van der Waals surface area contributed by atoms with Crippen LogP contribution < -0.4 is 5.32 Å². The van der Waals surface area contributed by atoms with Crippen LogP contribution in [0.5, 0.6) is 0 Å². The maximum absolute atomic E-state index is 5.73. The van der Waals surface area contributed by atoms with Gasteiger partial charge in [0.1, 0.15) is 0 Å². The summed E-state index contributed by atoms with van der Waals surface area (Å²) in [4.78, 5) is 0. The van der Waals surface area contributed by atoms with Crippen molar-refractivity contribution in [1.29, 1.82) is 0 Å². The molecule has 0 aromatic carbocycles. The molecule has 1 fully saturated rings. The zero-order valence-electron chi connectivity index (χ0n) is 15.6. The Morgan fingerprint density at radius 3 is 1.65 bits per heavy atom. The van der Waals surface area contributed by atoms with Crippen molar-refractivity contribution in [2.75, 3.05) is 19.7 Å². The quantitative estimate of drug-likeness (QED) is 0.325. The monoisotopic (exact) mass is 391 g/mol. The van der Waals surface area contributed by atoms with E-state index in [1.165, 1.54) is 96.3 Å². The van der Waals surface area contributed by atoms with Crippen molar-refractivity contribution in [1.82, 2.24) is 5.32 Å². The largest absolute Gasteiger partial charge is 0.376 e. The summed E-state index contributed by atoms with van der Waals surface area (Å²) in [5.74, 6) is 0. The molecular weight excluding hydrogens is 350 g/mol. The van der Waals surface area contributed by atoms with Crippen molar-refractivity contribution in [3.8, 4) is 0 Å². The Kier molecular flexibility index (Phi) is 19.1. The molecule has 0 bridgehead atoms. The fraction of sp³-hybridized carbons (Fsp3) is 1.00. The van der Waals surface area contributed by atoms with Crippen molar-refractivity contribution in [3.63, 3.8) is 0 Å². The zero-order valence-corrected chi connectivity index (χ0v) is 17.3. The Labute approximate surface area is 156 Å². The highest BCUT2D eigenvalue weighted by molar-refractivity contribution is 8.93. The van der Waals surface area contributed by atoms with Gasteiger partial charge in [-0.25, -0.2) is 0 Å². The van der Waals surface area contributed by atoms with Gasteiger partial charge in [0, 0.05) is 13.1 Å².